The number of allylic oxidation sites excluding steroid dienone is 2. The van der Waals surface area contributed by atoms with Crippen molar-refractivity contribution in [2.24, 2.45) is 23.7 Å². The first kappa shape index (κ1) is 7.30. The van der Waals surface area contributed by atoms with Gasteiger partial charge < -0.3 is 4.74 Å². The van der Waals surface area contributed by atoms with Crippen molar-refractivity contribution >= 4 is 11.9 Å². The van der Waals surface area contributed by atoms with Crippen LogP contribution in [0.15, 0.2) is 12.2 Å². The third kappa shape index (κ3) is 0.794. The van der Waals surface area contributed by atoms with E-state index in [-0.39, 0.29) is 35.6 Å². The molecule has 0 aromatic carbocycles. The van der Waals surface area contributed by atoms with Gasteiger partial charge in [0.05, 0.1) is 11.8 Å². The van der Waals surface area contributed by atoms with E-state index in [1.807, 2.05) is 0 Å². The van der Waals surface area contributed by atoms with Gasteiger partial charge >= 0.3 is 11.9 Å². The maximum atomic E-state index is 11.3. The summed E-state index contributed by atoms with van der Waals surface area (Å²) in [4.78, 5) is 22.7. The van der Waals surface area contributed by atoms with Gasteiger partial charge in [-0.05, 0) is 24.7 Å². The molecule has 3 aliphatic carbocycles. The van der Waals surface area contributed by atoms with E-state index in [4.69, 9.17) is 0 Å². The molecule has 13 heavy (non-hydrogen) atoms. The quantitative estimate of drug-likeness (QED) is 0.314. The number of hydrogen-bond acceptors (Lipinski definition) is 3. The lowest BCUT2D eigenvalue weighted by molar-refractivity contribution is -0.154. The Kier molecular flexibility index (Phi) is 1.25. The maximum absolute atomic E-state index is 11.3. The van der Waals surface area contributed by atoms with Crippen molar-refractivity contribution in [3.05, 3.63) is 12.2 Å². The van der Waals surface area contributed by atoms with Gasteiger partial charge in [0.1, 0.15) is 0 Å². The van der Waals surface area contributed by atoms with Gasteiger partial charge in [0.2, 0.25) is 0 Å². The van der Waals surface area contributed by atoms with Gasteiger partial charge in [-0.25, -0.2) is 0 Å². The highest BCUT2D eigenvalue weighted by Gasteiger charge is 2.54. The molecule has 1 heterocycles. The van der Waals surface area contributed by atoms with Crippen LogP contribution in [0.1, 0.15) is 12.8 Å². The summed E-state index contributed by atoms with van der Waals surface area (Å²) in [6.07, 6.45) is 6.22. The van der Waals surface area contributed by atoms with E-state index in [2.05, 4.69) is 16.9 Å². The second-order valence-electron chi connectivity index (χ2n) is 4.08. The summed E-state index contributed by atoms with van der Waals surface area (Å²) in [5.41, 5.74) is 0. The molecule has 4 aliphatic rings. The minimum atomic E-state index is -0.297. The fourth-order valence-electron chi connectivity index (χ4n) is 2.87. The fraction of sp³-hybridized carbons (Fsp3) is 0.600. The zero-order valence-electron chi connectivity index (χ0n) is 7.10. The minimum absolute atomic E-state index is 0.156. The van der Waals surface area contributed by atoms with Gasteiger partial charge in [0.15, 0.2) is 0 Å². The van der Waals surface area contributed by atoms with Crippen LogP contribution in [0.25, 0.3) is 0 Å². The van der Waals surface area contributed by atoms with Crippen LogP contribution < -0.4 is 0 Å². The first-order chi connectivity index (χ1) is 6.27. The van der Waals surface area contributed by atoms with Gasteiger partial charge in [-0.2, -0.15) is 0 Å². The van der Waals surface area contributed by atoms with Crippen molar-refractivity contribution in [3.8, 4) is 0 Å². The van der Waals surface area contributed by atoms with Gasteiger partial charge in [-0.15, -0.1) is 0 Å². The number of fused-ring (bicyclic) bond motifs is 1. The van der Waals surface area contributed by atoms with Crippen LogP contribution in [0.3, 0.4) is 0 Å². The molecule has 68 valence electrons. The van der Waals surface area contributed by atoms with Crippen molar-refractivity contribution in [1.82, 2.24) is 0 Å². The van der Waals surface area contributed by atoms with Crippen molar-refractivity contribution in [2.75, 3.05) is 0 Å². The summed E-state index contributed by atoms with van der Waals surface area (Å²) >= 11 is 0. The van der Waals surface area contributed by atoms with E-state index in [9.17, 15) is 9.59 Å². The van der Waals surface area contributed by atoms with Gasteiger partial charge in [0.25, 0.3) is 0 Å². The number of esters is 2. The monoisotopic (exact) mass is 178 g/mol. The molecule has 1 saturated carbocycles. The average molecular weight is 178 g/mol. The molecular formula is C10H10O3. The molecule has 0 aromatic rings. The molecule has 1 saturated heterocycles. The molecule has 3 nitrogen and oxygen atoms in total. The summed E-state index contributed by atoms with van der Waals surface area (Å²) in [6.45, 7) is 0. The predicted octanol–water partition coefficient (Wildman–Crippen LogP) is 0.898. The van der Waals surface area contributed by atoms with E-state index in [1.54, 1.807) is 0 Å². The zero-order valence-corrected chi connectivity index (χ0v) is 7.10. The number of carbonyl (C=O) groups excluding carboxylic acids is 2. The molecule has 0 spiro atoms. The predicted molar refractivity (Wildman–Crippen MR) is 43.4 cm³/mol. The van der Waals surface area contributed by atoms with Gasteiger partial charge in [-0.1, -0.05) is 12.2 Å². The summed E-state index contributed by atoms with van der Waals surface area (Å²) in [5, 5.41) is 0. The number of hydrogen-bond donors (Lipinski definition) is 0. The summed E-state index contributed by atoms with van der Waals surface area (Å²) in [7, 11) is 0. The number of cyclic esters (lactones) is 2. The van der Waals surface area contributed by atoms with Crippen LogP contribution in [0.5, 0.6) is 0 Å². The lowest BCUT2D eigenvalue weighted by Gasteiger charge is -2.37. The van der Waals surface area contributed by atoms with E-state index in [1.165, 1.54) is 0 Å². The highest BCUT2D eigenvalue weighted by Crippen LogP contribution is 2.48. The maximum Gasteiger partial charge on any atom is 0.318 e. The molecule has 2 bridgehead atoms. The first-order valence-corrected chi connectivity index (χ1v) is 4.71. The summed E-state index contributed by atoms with van der Waals surface area (Å²) in [5.74, 6) is -0.390. The second kappa shape index (κ2) is 2.22. The van der Waals surface area contributed by atoms with Crippen LogP contribution in [0.2, 0.25) is 0 Å². The van der Waals surface area contributed by atoms with E-state index >= 15 is 0 Å². The smallest absolute Gasteiger partial charge is 0.318 e. The van der Waals surface area contributed by atoms with Crippen molar-refractivity contribution < 1.29 is 14.3 Å². The minimum Gasteiger partial charge on any atom is -0.393 e. The molecular weight excluding hydrogens is 168 g/mol. The molecule has 2 unspecified atom stereocenters. The molecule has 4 rings (SSSR count). The number of ether oxygens (including phenoxy) is 1. The molecule has 4 atom stereocenters. The highest BCUT2D eigenvalue weighted by molar-refractivity contribution is 5.97. The number of rotatable bonds is 0. The fourth-order valence-corrected chi connectivity index (χ4v) is 2.87. The lowest BCUT2D eigenvalue weighted by atomic mass is 9.63. The highest BCUT2D eigenvalue weighted by atomic mass is 16.6. The molecule has 0 amide bonds. The SMILES string of the molecule is O=C1OC(=O)C2C1[C@@H]1C=C[C@H]2CC1. The standard InChI is InChI=1S/C10H10O3/c11-9-7-5-1-2-6(4-3-5)8(7)10(12)13-9/h1-2,5-8H,3-4H2/t5-,6+,7?,8?. The Morgan fingerprint density at radius 3 is 1.85 bits per heavy atom. The van der Waals surface area contributed by atoms with Crippen LogP contribution in [-0.2, 0) is 14.3 Å². The average Bonchev–Trinajstić information content (AvgIpc) is 2.47. The molecule has 1 aliphatic heterocycles. The molecule has 0 radical (unpaired) electrons. The van der Waals surface area contributed by atoms with Crippen molar-refractivity contribution in [2.45, 2.75) is 12.8 Å². The van der Waals surface area contributed by atoms with E-state index in [0.29, 0.717) is 0 Å². The largest absolute Gasteiger partial charge is 0.393 e. The Morgan fingerprint density at radius 1 is 1.00 bits per heavy atom. The first-order valence-electron chi connectivity index (χ1n) is 4.71. The van der Waals surface area contributed by atoms with Crippen LogP contribution >= 0.6 is 0 Å². The summed E-state index contributed by atoms with van der Waals surface area (Å²) < 4.78 is 4.67. The Labute approximate surface area is 75.8 Å². The molecule has 2 fully saturated rings. The van der Waals surface area contributed by atoms with E-state index in [0.717, 1.165) is 12.8 Å². The van der Waals surface area contributed by atoms with Gasteiger partial charge in [0, 0.05) is 0 Å². The molecule has 0 aromatic heterocycles. The summed E-state index contributed by atoms with van der Waals surface area (Å²) in [6, 6.07) is 0. The lowest BCUT2D eigenvalue weighted by Crippen LogP contribution is -2.38. The van der Waals surface area contributed by atoms with Crippen molar-refractivity contribution in [3.63, 3.8) is 0 Å². The second-order valence-corrected chi connectivity index (χ2v) is 4.08. The number of carbonyl (C=O) groups is 2. The Morgan fingerprint density at radius 2 is 1.46 bits per heavy atom. The van der Waals surface area contributed by atoms with Crippen LogP contribution in [-0.4, -0.2) is 11.9 Å². The zero-order chi connectivity index (χ0) is 9.00. The third-order valence-corrected chi connectivity index (χ3v) is 3.49. The van der Waals surface area contributed by atoms with Crippen LogP contribution in [0.4, 0.5) is 0 Å². The van der Waals surface area contributed by atoms with Gasteiger partial charge in [-0.3, -0.25) is 9.59 Å². The Balaban J connectivity index is 2.07. The molecule has 0 N–H and O–H groups in total. The Hall–Kier alpha value is -1.12. The molecule has 3 heteroatoms. The van der Waals surface area contributed by atoms with E-state index < -0.39 is 0 Å². The Bertz CT molecular complexity index is 288. The normalized spacial score (nSPS) is 46.5. The van der Waals surface area contributed by atoms with Crippen molar-refractivity contribution in [1.29, 1.82) is 0 Å². The van der Waals surface area contributed by atoms with Crippen LogP contribution in [0, 0.1) is 23.7 Å². The third-order valence-electron chi connectivity index (χ3n) is 3.49. The topological polar surface area (TPSA) is 43.4 Å².